The Morgan fingerprint density at radius 3 is 2.72 bits per heavy atom. The van der Waals surface area contributed by atoms with Gasteiger partial charge in [-0.15, -0.1) is 0 Å². The third-order valence-electron chi connectivity index (χ3n) is 4.65. The van der Waals surface area contributed by atoms with Crippen LogP contribution in [0.2, 0.25) is 0 Å². The lowest BCUT2D eigenvalue weighted by Crippen LogP contribution is -2.32. The van der Waals surface area contributed by atoms with E-state index in [2.05, 4.69) is 11.6 Å². The first kappa shape index (κ1) is 25.8. The summed E-state index contributed by atoms with van der Waals surface area (Å²) in [5, 5.41) is 0. The van der Waals surface area contributed by atoms with E-state index in [1.807, 2.05) is 36.2 Å². The molecule has 0 fully saturated rings. The minimum absolute atomic E-state index is 0.0289. The summed E-state index contributed by atoms with van der Waals surface area (Å²) >= 11 is 0. The predicted octanol–water partition coefficient (Wildman–Crippen LogP) is 2.29. The second-order valence-electron chi connectivity index (χ2n) is 7.55. The van der Waals surface area contributed by atoms with Gasteiger partial charge in [-0.25, -0.2) is 17.9 Å². The minimum atomic E-state index is -3.59. The van der Waals surface area contributed by atoms with Gasteiger partial charge in [0.1, 0.15) is 12.5 Å². The van der Waals surface area contributed by atoms with Gasteiger partial charge in [0.05, 0.1) is 18.1 Å². The molecule has 0 aliphatic rings. The number of rotatable bonds is 13. The van der Waals surface area contributed by atoms with Crippen molar-refractivity contribution in [2.45, 2.75) is 58.9 Å². The molecule has 0 amide bonds. The molecule has 0 radical (unpaired) electrons. The van der Waals surface area contributed by atoms with Crippen LogP contribution in [0, 0.1) is 5.82 Å². The lowest BCUT2D eigenvalue weighted by atomic mass is 10.1. The second-order valence-corrected chi connectivity index (χ2v) is 9.42. The molecule has 11 heteroatoms. The molecular formula is C21H30FN3O6S. The number of hydrogen-bond donors (Lipinski definition) is 2. The molecule has 0 unspecified atom stereocenters. The van der Waals surface area contributed by atoms with Crippen LogP contribution in [0.3, 0.4) is 0 Å². The van der Waals surface area contributed by atoms with Crippen LogP contribution in [-0.2, 0) is 21.5 Å². The predicted molar refractivity (Wildman–Crippen MR) is 119 cm³/mol. The summed E-state index contributed by atoms with van der Waals surface area (Å²) in [6, 6.07) is 6.86. The molecule has 2 N–H and O–H groups in total. The number of aromatic nitrogens is 2. The number of ether oxygens (including phenoxy) is 2. The molecule has 1 aromatic carbocycles. The van der Waals surface area contributed by atoms with Crippen molar-refractivity contribution in [1.82, 2.24) is 14.3 Å². The van der Waals surface area contributed by atoms with Crippen LogP contribution in [0.25, 0.3) is 0 Å². The molecule has 2 rings (SSSR count). The third kappa shape index (κ3) is 8.21. The first-order valence-electron chi connectivity index (χ1n) is 10.4. The van der Waals surface area contributed by atoms with Crippen LogP contribution in [0.4, 0.5) is 4.39 Å². The van der Waals surface area contributed by atoms with Crippen molar-refractivity contribution in [2.75, 3.05) is 12.4 Å². The molecule has 0 aliphatic carbocycles. The Bertz CT molecular complexity index is 1100. The van der Waals surface area contributed by atoms with Crippen molar-refractivity contribution in [3.63, 3.8) is 0 Å². The molecule has 32 heavy (non-hydrogen) atoms. The molecule has 0 spiro atoms. The largest absolute Gasteiger partial charge is 0.491 e. The van der Waals surface area contributed by atoms with Crippen LogP contribution in [-0.4, -0.2) is 36.4 Å². The number of H-pyrrole nitrogens is 1. The topological polar surface area (TPSA) is 119 Å². The Morgan fingerprint density at radius 2 is 2.00 bits per heavy atom. The van der Waals surface area contributed by atoms with E-state index < -0.39 is 33.1 Å². The van der Waals surface area contributed by atoms with E-state index in [9.17, 15) is 22.4 Å². The third-order valence-corrected chi connectivity index (χ3v) is 6.19. The highest BCUT2D eigenvalue weighted by Gasteiger charge is 2.16. The summed E-state index contributed by atoms with van der Waals surface area (Å²) in [4.78, 5) is 24.3. The summed E-state index contributed by atoms with van der Waals surface area (Å²) in [5.74, 6) is -0.601. The molecule has 178 valence electrons. The van der Waals surface area contributed by atoms with Gasteiger partial charge >= 0.3 is 5.69 Å². The average Bonchev–Trinajstić information content (AvgIpc) is 2.71. The van der Waals surface area contributed by atoms with E-state index in [1.54, 1.807) is 6.92 Å². The molecule has 0 saturated heterocycles. The number of halogens is 1. The molecule has 1 heterocycles. The molecule has 1 aromatic heterocycles. The summed E-state index contributed by atoms with van der Waals surface area (Å²) in [6.45, 7) is 5.55. The van der Waals surface area contributed by atoms with Crippen LogP contribution < -0.4 is 20.7 Å². The van der Waals surface area contributed by atoms with Crippen LogP contribution >= 0.6 is 0 Å². The maximum Gasteiger partial charge on any atom is 0.330 e. The average molecular weight is 472 g/mol. The summed E-state index contributed by atoms with van der Waals surface area (Å²) in [6.07, 6.45) is 2.92. The van der Waals surface area contributed by atoms with Crippen molar-refractivity contribution < 1.29 is 22.3 Å². The van der Waals surface area contributed by atoms with Crippen molar-refractivity contribution in [3.8, 4) is 5.75 Å². The van der Waals surface area contributed by atoms with Gasteiger partial charge in [0.25, 0.3) is 5.56 Å². The highest BCUT2D eigenvalue weighted by Crippen LogP contribution is 2.21. The van der Waals surface area contributed by atoms with E-state index in [4.69, 9.17) is 9.47 Å². The Kier molecular flexibility index (Phi) is 9.60. The zero-order valence-corrected chi connectivity index (χ0v) is 19.3. The van der Waals surface area contributed by atoms with E-state index in [0.29, 0.717) is 5.75 Å². The van der Waals surface area contributed by atoms with E-state index in [-0.39, 0.29) is 31.6 Å². The summed E-state index contributed by atoms with van der Waals surface area (Å²) in [5.41, 5.74) is -1.13. The van der Waals surface area contributed by atoms with Gasteiger partial charge in [0.2, 0.25) is 15.8 Å². The van der Waals surface area contributed by atoms with Gasteiger partial charge in [-0.2, -0.15) is 4.39 Å². The zero-order chi connectivity index (χ0) is 23.7. The van der Waals surface area contributed by atoms with Gasteiger partial charge in [-0.1, -0.05) is 25.5 Å². The molecule has 9 nitrogen and oxygen atoms in total. The minimum Gasteiger partial charge on any atom is -0.491 e. The second kappa shape index (κ2) is 11.9. The molecule has 2 atom stereocenters. The summed E-state index contributed by atoms with van der Waals surface area (Å²) in [7, 11) is -3.59. The highest BCUT2D eigenvalue weighted by molar-refractivity contribution is 7.89. The van der Waals surface area contributed by atoms with Gasteiger partial charge < -0.3 is 9.47 Å². The normalized spacial score (nSPS) is 13.6. The van der Waals surface area contributed by atoms with E-state index in [1.165, 1.54) is 0 Å². The molecule has 0 aliphatic heterocycles. The Morgan fingerprint density at radius 1 is 1.25 bits per heavy atom. The van der Waals surface area contributed by atoms with Gasteiger partial charge in [0, 0.05) is 12.6 Å². The van der Waals surface area contributed by atoms with E-state index >= 15 is 0 Å². The Hall–Kier alpha value is -2.50. The fraction of sp³-hybridized carbons (Fsp3) is 0.524. The lowest BCUT2D eigenvalue weighted by molar-refractivity contribution is 0.0736. The van der Waals surface area contributed by atoms with Gasteiger partial charge in [-0.3, -0.25) is 14.3 Å². The number of aromatic amines is 1. The smallest absolute Gasteiger partial charge is 0.330 e. The van der Waals surface area contributed by atoms with Gasteiger partial charge in [-0.05, 0) is 44.4 Å². The zero-order valence-electron chi connectivity index (χ0n) is 18.5. The van der Waals surface area contributed by atoms with E-state index in [0.717, 1.165) is 29.2 Å². The van der Waals surface area contributed by atoms with Crippen molar-refractivity contribution in [2.24, 2.45) is 0 Å². The molecule has 0 saturated carbocycles. The highest BCUT2D eigenvalue weighted by atomic mass is 32.2. The monoisotopic (exact) mass is 471 g/mol. The molecule has 2 aromatic rings. The van der Waals surface area contributed by atoms with Gasteiger partial charge in [0.15, 0.2) is 0 Å². The first-order valence-corrected chi connectivity index (χ1v) is 12.1. The van der Waals surface area contributed by atoms with Crippen LogP contribution in [0.15, 0.2) is 40.1 Å². The molecule has 0 bridgehead atoms. The number of nitrogens with zero attached hydrogens (tertiary/aromatic N) is 1. The number of benzene rings is 1. The summed E-state index contributed by atoms with van der Waals surface area (Å²) < 4.78 is 52.6. The van der Waals surface area contributed by atoms with Crippen molar-refractivity contribution in [1.29, 1.82) is 0 Å². The maximum absolute atomic E-state index is 13.2. The molecular weight excluding hydrogens is 441 g/mol. The van der Waals surface area contributed by atoms with Crippen molar-refractivity contribution in [3.05, 3.63) is 62.7 Å². The first-order chi connectivity index (χ1) is 15.1. The fourth-order valence-corrected chi connectivity index (χ4v) is 4.33. The van der Waals surface area contributed by atoms with Crippen LogP contribution in [0.1, 0.15) is 51.6 Å². The number of sulfonamides is 1. The van der Waals surface area contributed by atoms with Crippen LogP contribution in [0.5, 0.6) is 5.75 Å². The Balaban J connectivity index is 1.82. The van der Waals surface area contributed by atoms with Crippen molar-refractivity contribution >= 4 is 10.0 Å². The number of nitrogens with one attached hydrogen (secondary N) is 2. The fourth-order valence-electron chi connectivity index (χ4n) is 3.04. The SMILES string of the molecule is CCC[C@H](C)Oc1cccc([C@@H](C)NS(=O)(=O)CCCOCn2cc(F)c(=O)[nH]c2=O)c1. The Labute approximate surface area is 186 Å². The quantitative estimate of drug-likeness (QED) is 0.433. The number of hydrogen-bond acceptors (Lipinski definition) is 6. The lowest BCUT2D eigenvalue weighted by Gasteiger charge is -2.18. The standard InChI is InChI=1S/C21H30FN3O6S/c1-4-7-15(2)31-18-9-5-8-17(12-18)16(3)24-32(28,29)11-6-10-30-14-25-13-19(22)20(26)23-21(25)27/h5,8-9,12-13,15-16,24H,4,6-7,10-11,14H2,1-3H3,(H,23,26,27)/t15-,16+/m0/s1. The maximum atomic E-state index is 13.2.